The fourth-order valence-corrected chi connectivity index (χ4v) is 2.72. The number of aliphatic hydroxyl groups excluding tert-OH is 1. The Hall–Kier alpha value is 0.230. The van der Waals surface area contributed by atoms with E-state index in [-0.39, 0.29) is 6.10 Å². The maximum atomic E-state index is 9.32. The van der Waals surface area contributed by atoms with Crippen LogP contribution in [0.1, 0.15) is 6.42 Å². The molecule has 1 aliphatic heterocycles. The molecule has 0 radical (unpaired) electrons. The Kier molecular flexibility index (Phi) is 4.35. The number of aliphatic hydroxyl groups is 1. The third-order valence-corrected chi connectivity index (χ3v) is 3.44. The van der Waals surface area contributed by atoms with Crippen molar-refractivity contribution < 1.29 is 5.11 Å². The van der Waals surface area contributed by atoms with Crippen molar-refractivity contribution >= 4 is 11.8 Å². The first-order chi connectivity index (χ1) is 5.74. The van der Waals surface area contributed by atoms with E-state index in [9.17, 15) is 5.11 Å². The molecule has 0 aromatic carbocycles. The van der Waals surface area contributed by atoms with Crippen molar-refractivity contribution in [2.45, 2.75) is 18.6 Å². The molecule has 0 bridgehead atoms. The largest absolute Gasteiger partial charge is 0.390 e. The van der Waals surface area contributed by atoms with Gasteiger partial charge in [0.25, 0.3) is 0 Å². The summed E-state index contributed by atoms with van der Waals surface area (Å²) in [5, 5.41) is 9.32. The molecule has 3 nitrogen and oxygen atoms in total. The molecular weight excluding hydrogens is 172 g/mol. The van der Waals surface area contributed by atoms with E-state index >= 15 is 0 Å². The second-order valence-corrected chi connectivity index (χ2v) is 4.50. The predicted molar refractivity (Wildman–Crippen MR) is 53.4 cm³/mol. The third kappa shape index (κ3) is 2.94. The Morgan fingerprint density at radius 2 is 2.50 bits per heavy atom. The molecule has 4 heteroatoms. The SMILES string of the molecule is CN(CC(O)CN)C1CCSC1. The minimum Gasteiger partial charge on any atom is -0.390 e. The van der Waals surface area contributed by atoms with Crippen LogP contribution in [-0.4, -0.2) is 53.8 Å². The number of hydrogen-bond acceptors (Lipinski definition) is 4. The van der Waals surface area contributed by atoms with Crippen LogP contribution in [0, 0.1) is 0 Å². The van der Waals surface area contributed by atoms with E-state index in [1.54, 1.807) is 0 Å². The van der Waals surface area contributed by atoms with Crippen LogP contribution in [0.4, 0.5) is 0 Å². The van der Waals surface area contributed by atoms with Crippen LogP contribution in [0.2, 0.25) is 0 Å². The summed E-state index contributed by atoms with van der Waals surface area (Å²) in [6.07, 6.45) is 0.888. The van der Waals surface area contributed by atoms with Crippen LogP contribution in [-0.2, 0) is 0 Å². The van der Waals surface area contributed by atoms with E-state index in [0.717, 1.165) is 0 Å². The molecule has 12 heavy (non-hydrogen) atoms. The molecule has 2 atom stereocenters. The molecule has 0 aromatic rings. The van der Waals surface area contributed by atoms with Crippen molar-refractivity contribution in [1.82, 2.24) is 4.90 Å². The zero-order valence-corrected chi connectivity index (χ0v) is 8.39. The summed E-state index contributed by atoms with van der Waals surface area (Å²) < 4.78 is 0. The van der Waals surface area contributed by atoms with Crippen LogP contribution >= 0.6 is 11.8 Å². The topological polar surface area (TPSA) is 49.5 Å². The minimum absolute atomic E-state index is 0.361. The van der Waals surface area contributed by atoms with Crippen LogP contribution in [0.25, 0.3) is 0 Å². The van der Waals surface area contributed by atoms with Gasteiger partial charge in [0.05, 0.1) is 6.10 Å². The van der Waals surface area contributed by atoms with E-state index in [2.05, 4.69) is 11.9 Å². The van der Waals surface area contributed by atoms with Crippen molar-refractivity contribution in [3.63, 3.8) is 0 Å². The van der Waals surface area contributed by atoms with E-state index in [1.165, 1.54) is 17.9 Å². The summed E-state index contributed by atoms with van der Waals surface area (Å²) in [7, 11) is 2.06. The van der Waals surface area contributed by atoms with Gasteiger partial charge in [0.15, 0.2) is 0 Å². The Balaban J connectivity index is 2.21. The Labute approximate surface area is 78.3 Å². The van der Waals surface area contributed by atoms with Gasteiger partial charge in [-0.3, -0.25) is 4.90 Å². The van der Waals surface area contributed by atoms with Gasteiger partial charge in [-0.2, -0.15) is 11.8 Å². The summed E-state index contributed by atoms with van der Waals surface area (Å²) in [4.78, 5) is 2.22. The smallest absolute Gasteiger partial charge is 0.0789 e. The first-order valence-corrected chi connectivity index (χ1v) is 5.55. The van der Waals surface area contributed by atoms with Gasteiger partial charge in [0.2, 0.25) is 0 Å². The quantitative estimate of drug-likeness (QED) is 0.641. The summed E-state index contributed by atoms with van der Waals surface area (Å²) in [6, 6.07) is 0.649. The van der Waals surface area contributed by atoms with Gasteiger partial charge in [0.1, 0.15) is 0 Å². The van der Waals surface area contributed by atoms with E-state index < -0.39 is 0 Å². The summed E-state index contributed by atoms with van der Waals surface area (Å²) in [5.41, 5.74) is 5.34. The lowest BCUT2D eigenvalue weighted by atomic mass is 10.2. The maximum Gasteiger partial charge on any atom is 0.0789 e. The lowest BCUT2D eigenvalue weighted by Crippen LogP contribution is -2.40. The second kappa shape index (κ2) is 5.07. The third-order valence-electron chi connectivity index (χ3n) is 2.30. The Morgan fingerprint density at radius 3 is 3.00 bits per heavy atom. The van der Waals surface area contributed by atoms with Crippen molar-refractivity contribution in [3.8, 4) is 0 Å². The molecule has 3 N–H and O–H groups in total. The number of likely N-dealkylation sites (N-methyl/N-ethyl adjacent to an activating group) is 1. The summed E-state index contributed by atoms with van der Waals surface area (Å²) in [5.74, 6) is 2.46. The van der Waals surface area contributed by atoms with Gasteiger partial charge >= 0.3 is 0 Å². The van der Waals surface area contributed by atoms with Crippen LogP contribution in [0.3, 0.4) is 0 Å². The van der Waals surface area contributed by atoms with Crippen molar-refractivity contribution in [2.24, 2.45) is 5.73 Å². The van der Waals surface area contributed by atoms with Crippen LogP contribution in [0.5, 0.6) is 0 Å². The average molecular weight is 190 g/mol. The molecule has 1 heterocycles. The van der Waals surface area contributed by atoms with E-state index in [1.807, 2.05) is 11.8 Å². The van der Waals surface area contributed by atoms with Gasteiger partial charge < -0.3 is 10.8 Å². The lowest BCUT2D eigenvalue weighted by molar-refractivity contribution is 0.115. The number of rotatable bonds is 4. The molecule has 2 unspecified atom stereocenters. The highest BCUT2D eigenvalue weighted by Crippen LogP contribution is 2.21. The molecule has 1 fully saturated rings. The second-order valence-electron chi connectivity index (χ2n) is 3.35. The minimum atomic E-state index is -0.361. The molecule has 0 aliphatic carbocycles. The summed E-state index contributed by atoms with van der Waals surface area (Å²) >= 11 is 1.99. The molecule has 1 aliphatic rings. The van der Waals surface area contributed by atoms with Gasteiger partial charge in [-0.1, -0.05) is 0 Å². The highest BCUT2D eigenvalue weighted by molar-refractivity contribution is 7.99. The molecule has 72 valence electrons. The van der Waals surface area contributed by atoms with E-state index in [0.29, 0.717) is 19.1 Å². The fourth-order valence-electron chi connectivity index (χ4n) is 1.43. The van der Waals surface area contributed by atoms with Crippen LogP contribution in [0.15, 0.2) is 0 Å². The normalized spacial score (nSPS) is 26.5. The maximum absolute atomic E-state index is 9.32. The van der Waals surface area contributed by atoms with Crippen molar-refractivity contribution in [3.05, 3.63) is 0 Å². The molecule has 0 amide bonds. The zero-order chi connectivity index (χ0) is 8.97. The fraction of sp³-hybridized carbons (Fsp3) is 1.00. The zero-order valence-electron chi connectivity index (χ0n) is 7.57. The van der Waals surface area contributed by atoms with Gasteiger partial charge in [-0.05, 0) is 19.2 Å². The van der Waals surface area contributed by atoms with Gasteiger partial charge in [0, 0.05) is 24.9 Å². The number of hydrogen-bond donors (Lipinski definition) is 2. The lowest BCUT2D eigenvalue weighted by Gasteiger charge is -2.25. The molecule has 0 aromatic heterocycles. The Morgan fingerprint density at radius 1 is 1.75 bits per heavy atom. The summed E-state index contributed by atoms with van der Waals surface area (Å²) in [6.45, 7) is 1.08. The molecule has 0 saturated carbocycles. The molecule has 0 spiro atoms. The highest BCUT2D eigenvalue weighted by Gasteiger charge is 2.20. The molecule has 1 saturated heterocycles. The van der Waals surface area contributed by atoms with Crippen molar-refractivity contribution in [1.29, 1.82) is 0 Å². The monoisotopic (exact) mass is 190 g/mol. The van der Waals surface area contributed by atoms with Gasteiger partial charge in [-0.15, -0.1) is 0 Å². The standard InChI is InChI=1S/C8H18N2OS/c1-10(5-8(11)4-9)7-2-3-12-6-7/h7-8,11H,2-6,9H2,1H3. The average Bonchev–Trinajstić information content (AvgIpc) is 2.56. The first kappa shape index (κ1) is 10.3. The first-order valence-electron chi connectivity index (χ1n) is 4.40. The number of nitrogens with two attached hydrogens (primary N) is 1. The highest BCUT2D eigenvalue weighted by atomic mass is 32.2. The molecular formula is C8H18N2OS. The van der Waals surface area contributed by atoms with Gasteiger partial charge in [-0.25, -0.2) is 0 Å². The predicted octanol–water partition coefficient (Wildman–Crippen LogP) is -0.257. The number of thioether (sulfide) groups is 1. The number of nitrogens with zero attached hydrogens (tertiary/aromatic N) is 1. The van der Waals surface area contributed by atoms with Crippen LogP contribution < -0.4 is 5.73 Å². The van der Waals surface area contributed by atoms with Crippen molar-refractivity contribution in [2.75, 3.05) is 31.6 Å². The van der Waals surface area contributed by atoms with E-state index in [4.69, 9.17) is 5.73 Å². The molecule has 1 rings (SSSR count). The Bertz CT molecular complexity index is 128.